The van der Waals surface area contributed by atoms with Crippen molar-refractivity contribution in [2.24, 2.45) is 5.92 Å². The molecule has 0 radical (unpaired) electrons. The fraction of sp³-hybridized carbons (Fsp3) is 0.405. The molecule has 52 heavy (non-hydrogen) atoms. The van der Waals surface area contributed by atoms with Gasteiger partial charge in [-0.15, -0.1) is 5.10 Å². The summed E-state index contributed by atoms with van der Waals surface area (Å²) < 4.78 is 24.9. The summed E-state index contributed by atoms with van der Waals surface area (Å²) in [6, 6.07) is 21.3. The Kier molecular flexibility index (Phi) is 9.54. The van der Waals surface area contributed by atoms with Gasteiger partial charge in [0.2, 0.25) is 14.3 Å². The number of hydrogen-bond acceptors (Lipinski definition) is 9. The molecule has 15 heteroatoms. The van der Waals surface area contributed by atoms with Gasteiger partial charge in [0.1, 0.15) is 0 Å². The molecule has 3 aliphatic heterocycles. The molecule has 2 amide bonds. The Morgan fingerprint density at radius 3 is 2.56 bits per heavy atom. The first kappa shape index (κ1) is 35.6. The Bertz CT molecular complexity index is 1970. The van der Waals surface area contributed by atoms with Gasteiger partial charge in [0.05, 0.1) is 48.0 Å². The Balaban J connectivity index is 1.18. The Labute approximate surface area is 301 Å². The molecule has 0 bridgehead atoms. The van der Waals surface area contributed by atoms with E-state index in [1.54, 1.807) is 39.8 Å². The number of nitrogens with zero attached hydrogens (tertiary/aromatic N) is 6. The molecule has 5 atom stereocenters. The number of hydrogen-bond donors (Lipinski definition) is 2. The van der Waals surface area contributed by atoms with Crippen LogP contribution in [-0.4, -0.2) is 77.6 Å². The molecule has 2 fully saturated rings. The number of carbonyl (C=O) groups is 2. The number of nitro groups is 1. The van der Waals surface area contributed by atoms with Crippen LogP contribution in [0.15, 0.2) is 79.0 Å². The number of anilines is 2. The molecule has 1 unspecified atom stereocenters. The lowest BCUT2D eigenvalue weighted by Gasteiger charge is -2.31. The normalized spacial score (nSPS) is 23.8. The van der Waals surface area contributed by atoms with Gasteiger partial charge in [0.25, 0.3) is 11.6 Å². The fourth-order valence-corrected chi connectivity index (χ4v) is 10.9. The van der Waals surface area contributed by atoms with Crippen LogP contribution in [0.4, 0.5) is 21.2 Å². The molecule has 2 N–H and O–H groups in total. The molecule has 272 valence electrons. The van der Waals surface area contributed by atoms with Gasteiger partial charge in [-0.25, -0.2) is 0 Å². The van der Waals surface area contributed by atoms with E-state index in [-0.39, 0.29) is 43.1 Å². The largest absolute Gasteiger partial charge is 0.395 e. The zero-order chi connectivity index (χ0) is 36.8. The number of aliphatic hydroxyl groups excluding tert-OH is 1. The van der Waals surface area contributed by atoms with Gasteiger partial charge >= 0.3 is 0 Å². The van der Waals surface area contributed by atoms with Crippen molar-refractivity contribution in [1.29, 1.82) is 0 Å². The van der Waals surface area contributed by atoms with E-state index in [0.29, 0.717) is 43.0 Å². The molecule has 7 rings (SSSR count). The number of carbonyl (C=O) groups excluding carboxylic acids is 2. The first-order valence-electron chi connectivity index (χ1n) is 17.6. The molecule has 4 aromatic rings. The van der Waals surface area contributed by atoms with Crippen LogP contribution >= 0.6 is 0 Å². The van der Waals surface area contributed by atoms with Crippen LogP contribution in [0.1, 0.15) is 41.6 Å². The van der Waals surface area contributed by atoms with E-state index in [9.17, 15) is 24.8 Å². The van der Waals surface area contributed by atoms with E-state index in [2.05, 4.69) is 15.6 Å². The predicted molar refractivity (Wildman–Crippen MR) is 194 cm³/mol. The summed E-state index contributed by atoms with van der Waals surface area (Å²) in [5.74, 6) is -1.40. The van der Waals surface area contributed by atoms with Gasteiger partial charge in [-0.05, 0) is 48.8 Å². The van der Waals surface area contributed by atoms with Crippen molar-refractivity contribution in [3.63, 3.8) is 0 Å². The van der Waals surface area contributed by atoms with E-state index in [1.807, 2.05) is 61.5 Å². The van der Waals surface area contributed by atoms with E-state index in [4.69, 9.17) is 4.74 Å². The minimum atomic E-state index is -3.50. The molecule has 2 saturated heterocycles. The second-order valence-electron chi connectivity index (χ2n) is 14.4. The minimum Gasteiger partial charge on any atom is -0.395 e. The molecule has 1 spiro atoms. The van der Waals surface area contributed by atoms with Crippen LogP contribution in [0.2, 0.25) is 18.6 Å². The van der Waals surface area contributed by atoms with E-state index in [0.717, 1.165) is 16.8 Å². The highest BCUT2D eigenvalue weighted by Crippen LogP contribution is 2.60. The van der Waals surface area contributed by atoms with Crippen LogP contribution in [0.5, 0.6) is 0 Å². The number of fused-ring (bicyclic) bond motifs is 2. The van der Waals surface area contributed by atoms with E-state index in [1.165, 1.54) is 12.1 Å². The maximum absolute atomic E-state index is 16.4. The molecule has 3 aromatic carbocycles. The van der Waals surface area contributed by atoms with Crippen LogP contribution in [0.3, 0.4) is 0 Å². The molecular weight excluding hydrogens is 686 g/mol. The average Bonchev–Trinajstić information content (AvgIpc) is 3.78. The quantitative estimate of drug-likeness (QED) is 0.0972. The third kappa shape index (κ3) is 6.31. The maximum Gasteiger partial charge on any atom is 0.269 e. The molecule has 3 aliphatic rings. The summed E-state index contributed by atoms with van der Waals surface area (Å²) in [7, 11) is -3.50. The van der Waals surface area contributed by atoms with Crippen LogP contribution < -0.4 is 15.1 Å². The highest BCUT2D eigenvalue weighted by Gasteiger charge is 2.66. The number of rotatable bonds is 11. The Hall–Kier alpha value is -4.83. The number of aryl methyl sites for hydroxylation is 1. The third-order valence-electron chi connectivity index (χ3n) is 10.8. The van der Waals surface area contributed by atoms with Gasteiger partial charge in [0, 0.05) is 60.7 Å². The number of nitro benzene ring substituents is 1. The number of benzene rings is 3. The topological polar surface area (TPSA) is 156 Å². The number of ether oxygens (including phenoxy) is 1. The third-order valence-corrected chi connectivity index (χ3v) is 13.2. The molecule has 0 aliphatic carbocycles. The molecule has 13 nitrogen and oxygen atoms in total. The van der Waals surface area contributed by atoms with E-state index >= 15 is 4.11 Å². The molecule has 1 aromatic heterocycles. The number of non-ortho nitro benzene ring substituents is 1. The van der Waals surface area contributed by atoms with Crippen molar-refractivity contribution in [3.8, 4) is 0 Å². The molecule has 0 saturated carbocycles. The van der Waals surface area contributed by atoms with Crippen LogP contribution in [0.25, 0.3) is 0 Å². The fourth-order valence-electron chi connectivity index (χ4n) is 8.32. The van der Waals surface area contributed by atoms with Crippen molar-refractivity contribution in [3.05, 3.63) is 111 Å². The number of aromatic nitrogens is 3. The number of amides is 2. The lowest BCUT2D eigenvalue weighted by atomic mass is 9.82. The summed E-state index contributed by atoms with van der Waals surface area (Å²) in [4.78, 5) is 42.0. The zero-order valence-electron chi connectivity index (χ0n) is 29.3. The van der Waals surface area contributed by atoms with Crippen LogP contribution in [-0.2, 0) is 33.0 Å². The van der Waals surface area contributed by atoms with Crippen LogP contribution in [0, 0.1) is 16.0 Å². The Morgan fingerprint density at radius 2 is 1.88 bits per heavy atom. The summed E-state index contributed by atoms with van der Waals surface area (Å²) in [6.07, 6.45) is 1.39. The Morgan fingerprint density at radius 1 is 1.13 bits per heavy atom. The predicted octanol–water partition coefficient (Wildman–Crippen LogP) is 4.66. The molecule has 4 heterocycles. The second kappa shape index (κ2) is 14.0. The van der Waals surface area contributed by atoms with Crippen molar-refractivity contribution in [2.45, 2.75) is 62.7 Å². The highest BCUT2D eigenvalue weighted by atomic mass is 28.4. The maximum atomic E-state index is 16.4. The highest BCUT2D eigenvalue weighted by molar-refractivity contribution is 6.72. The van der Waals surface area contributed by atoms with E-state index < -0.39 is 36.5 Å². The van der Waals surface area contributed by atoms with Crippen molar-refractivity contribution < 1.29 is 28.5 Å². The van der Waals surface area contributed by atoms with Gasteiger partial charge in [-0.3, -0.25) is 24.4 Å². The number of piperazine rings is 1. The number of halogens is 1. The first-order chi connectivity index (χ1) is 24.9. The van der Waals surface area contributed by atoms with Crippen molar-refractivity contribution >= 4 is 37.3 Å². The van der Waals surface area contributed by atoms with Gasteiger partial charge in [-0.1, -0.05) is 54.6 Å². The standard InChI is InChI=1S/C37H42FN7O6Si/c1-24-35(52(2,3)38)33(15-17-42-22-31(40-41-42)29(23-46)26-7-5-4-6-8-26)51-37(24)30-19-28(45(49)50)13-14-32(30)44(36(37)48)21-25-9-11-27(12-10-25)43-18-16-39-20-34(43)47/h4-14,19,22,24,29,33,35,39,46H,15-18,20-21,23H2,1-3H3/t24-,29?,33+,35-,37+/m0/s1. The average molecular weight is 728 g/mol. The van der Waals surface area contributed by atoms with Crippen molar-refractivity contribution in [2.75, 3.05) is 36.0 Å². The number of nitrogens with one attached hydrogen (secondary N) is 1. The van der Waals surface area contributed by atoms with Gasteiger partial charge in [-0.2, -0.15) is 0 Å². The first-order valence-corrected chi connectivity index (χ1v) is 20.5. The SMILES string of the molecule is C[C@H]1[C@H]([Si](C)(C)F)[C@@H](CCn2cc(C(CO)c3ccccc3)nn2)O[C@]12C(=O)N(Cc1ccc(N3CCNCC3=O)cc1)c1ccc([N+](=O)[O-])cc12. The summed E-state index contributed by atoms with van der Waals surface area (Å²) in [5.41, 5.74) is 1.47. The lowest BCUT2D eigenvalue weighted by Crippen LogP contribution is -2.48. The van der Waals surface area contributed by atoms with Gasteiger partial charge in [0.15, 0.2) is 5.60 Å². The zero-order valence-corrected chi connectivity index (χ0v) is 30.3. The molecular formula is C37H42FN7O6Si. The lowest BCUT2D eigenvalue weighted by molar-refractivity contribution is -0.385. The smallest absolute Gasteiger partial charge is 0.269 e. The summed E-state index contributed by atoms with van der Waals surface area (Å²) in [5, 5.41) is 33.8. The summed E-state index contributed by atoms with van der Waals surface area (Å²) >= 11 is 0. The van der Waals surface area contributed by atoms with Gasteiger partial charge < -0.3 is 29.1 Å². The number of aliphatic hydroxyl groups is 1. The summed E-state index contributed by atoms with van der Waals surface area (Å²) in [6.45, 7) is 6.87. The minimum absolute atomic E-state index is 0.0206. The van der Waals surface area contributed by atoms with Crippen molar-refractivity contribution in [1.82, 2.24) is 20.3 Å². The second-order valence-corrected chi connectivity index (χ2v) is 18.1. The monoisotopic (exact) mass is 727 g/mol.